The number of aliphatic carboxylic acids is 1. The average Bonchev–Trinajstić information content (AvgIpc) is 2.79. The van der Waals surface area contributed by atoms with Crippen LogP contribution < -0.4 is 5.09 Å². The molecule has 38 heavy (non-hydrogen) atoms. The summed E-state index contributed by atoms with van der Waals surface area (Å²) in [4.78, 5) is 38.4. The van der Waals surface area contributed by atoms with Gasteiger partial charge in [-0.25, -0.2) is 9.65 Å². The van der Waals surface area contributed by atoms with E-state index in [-0.39, 0.29) is 17.6 Å². The smallest absolute Gasteiger partial charge is 0.401 e. The zero-order valence-corrected chi connectivity index (χ0v) is 23.6. The van der Waals surface area contributed by atoms with Gasteiger partial charge in [-0.1, -0.05) is 67.5 Å². The van der Waals surface area contributed by atoms with E-state index in [2.05, 4.69) is 45.9 Å². The molecule has 0 aromatic heterocycles. The molecule has 0 heterocycles. The van der Waals surface area contributed by atoms with Gasteiger partial charge in [-0.05, 0) is 86.8 Å². The van der Waals surface area contributed by atoms with Crippen LogP contribution in [0.15, 0.2) is 83.0 Å². The molecule has 0 saturated heterocycles. The molecule has 1 aliphatic rings. The Bertz CT molecular complexity index is 1150. The van der Waals surface area contributed by atoms with E-state index in [1.54, 1.807) is 11.2 Å². The molecule has 208 valence electrons. The highest BCUT2D eigenvalue weighted by Crippen LogP contribution is 2.40. The first-order chi connectivity index (χ1) is 17.6. The first-order valence-corrected chi connectivity index (χ1v) is 13.9. The van der Waals surface area contributed by atoms with Crippen LogP contribution in [0, 0.1) is 5.41 Å². The summed E-state index contributed by atoms with van der Waals surface area (Å²) in [6.45, 7) is 10.9. The van der Waals surface area contributed by atoms with Gasteiger partial charge in [0.15, 0.2) is 0 Å². The molecule has 0 bridgehead atoms. The number of rotatable bonds is 10. The Morgan fingerprint density at radius 2 is 1.71 bits per heavy atom. The van der Waals surface area contributed by atoms with Crippen LogP contribution in [0.3, 0.4) is 0 Å². The number of carboxylic acid groups (broad SMARTS) is 1. The molecule has 0 aliphatic heterocycles. The number of phenols is 1. The number of carboxylic acids is 1. The van der Waals surface area contributed by atoms with Crippen LogP contribution in [0.4, 0.5) is 0 Å². The molecule has 0 saturated carbocycles. The summed E-state index contributed by atoms with van der Waals surface area (Å²) in [5.41, 5.74) is 6.02. The van der Waals surface area contributed by atoms with E-state index in [9.17, 15) is 14.2 Å². The maximum absolute atomic E-state index is 10.8. The van der Waals surface area contributed by atoms with E-state index in [0.29, 0.717) is 5.56 Å². The molecule has 1 aromatic rings. The second kappa shape index (κ2) is 15.4. The zero-order chi connectivity index (χ0) is 28.9. The summed E-state index contributed by atoms with van der Waals surface area (Å²) in [6.07, 6.45) is 16.6. The van der Waals surface area contributed by atoms with Crippen molar-refractivity contribution in [2.75, 3.05) is 0 Å². The summed E-state index contributed by atoms with van der Waals surface area (Å²) in [5, 5.41) is 19.6. The second-order valence-electron chi connectivity index (χ2n) is 10.0. The number of carbonyl (C=O) groups excluding carboxylic acids is 1. The molecule has 5 N–H and O–H groups in total. The van der Waals surface area contributed by atoms with Crippen LogP contribution in [0.1, 0.15) is 59.4 Å². The molecular formula is C29H40NO7P. The van der Waals surface area contributed by atoms with E-state index in [1.165, 1.54) is 60.2 Å². The van der Waals surface area contributed by atoms with E-state index in [4.69, 9.17) is 20.0 Å². The summed E-state index contributed by atoms with van der Waals surface area (Å²) in [5.74, 6) is -1.33. The van der Waals surface area contributed by atoms with Crippen molar-refractivity contribution in [3.63, 3.8) is 0 Å². The third-order valence-electron chi connectivity index (χ3n) is 6.10. The molecular weight excluding hydrogens is 505 g/mol. The van der Waals surface area contributed by atoms with Crippen LogP contribution in [-0.4, -0.2) is 38.3 Å². The van der Waals surface area contributed by atoms with Crippen molar-refractivity contribution in [3.05, 3.63) is 88.6 Å². The lowest BCUT2D eigenvalue weighted by molar-refractivity contribution is -0.139. The Morgan fingerprint density at radius 3 is 2.24 bits per heavy atom. The Labute approximate surface area is 225 Å². The van der Waals surface area contributed by atoms with Crippen LogP contribution >= 0.6 is 7.75 Å². The third kappa shape index (κ3) is 13.0. The van der Waals surface area contributed by atoms with Gasteiger partial charge in [0, 0.05) is 0 Å². The van der Waals surface area contributed by atoms with Gasteiger partial charge in [-0.2, -0.15) is 0 Å². The number of aldehydes is 1. The van der Waals surface area contributed by atoms with E-state index in [0.717, 1.165) is 11.9 Å². The summed E-state index contributed by atoms with van der Waals surface area (Å²) < 4.78 is 10.7. The lowest BCUT2D eigenvalue weighted by Crippen LogP contribution is -2.36. The number of carbonyl (C=O) groups is 2. The second-order valence-corrected chi connectivity index (χ2v) is 11.4. The number of phenolic OH excluding ortho intramolecular Hbond substituents is 1. The third-order valence-corrected chi connectivity index (χ3v) is 6.75. The number of nitrogens with one attached hydrogen (secondary N) is 1. The lowest BCUT2D eigenvalue weighted by Gasteiger charge is -2.32. The minimum atomic E-state index is -4.60. The van der Waals surface area contributed by atoms with Crippen molar-refractivity contribution in [2.24, 2.45) is 5.41 Å². The topological polar surface area (TPSA) is 144 Å². The summed E-state index contributed by atoms with van der Waals surface area (Å²) in [6, 6.07) is 4.30. The average molecular weight is 546 g/mol. The minimum absolute atomic E-state index is 0.0311. The molecule has 0 spiro atoms. The van der Waals surface area contributed by atoms with Crippen molar-refractivity contribution in [1.29, 1.82) is 0 Å². The van der Waals surface area contributed by atoms with Crippen molar-refractivity contribution in [2.45, 2.75) is 66.3 Å². The van der Waals surface area contributed by atoms with Gasteiger partial charge >= 0.3 is 13.7 Å². The van der Waals surface area contributed by atoms with Gasteiger partial charge in [0.1, 0.15) is 18.1 Å². The molecule has 1 aromatic carbocycles. The van der Waals surface area contributed by atoms with Gasteiger partial charge in [-0.15, -0.1) is 0 Å². The predicted molar refractivity (Wildman–Crippen MR) is 151 cm³/mol. The Kier molecular flexibility index (Phi) is 13.4. The molecule has 2 rings (SSSR count). The summed E-state index contributed by atoms with van der Waals surface area (Å²) in [7, 11) is -4.60. The van der Waals surface area contributed by atoms with Crippen LogP contribution in [-0.2, 0) is 20.6 Å². The number of hydrogen-bond donors (Lipinski definition) is 5. The van der Waals surface area contributed by atoms with E-state index >= 15 is 0 Å². The fraction of sp³-hybridized carbons (Fsp3) is 0.379. The maximum atomic E-state index is 10.8. The van der Waals surface area contributed by atoms with Crippen LogP contribution in [0.2, 0.25) is 0 Å². The highest BCUT2D eigenvalue weighted by atomic mass is 31.2. The first-order valence-electron chi connectivity index (χ1n) is 12.3. The normalized spacial score (nSPS) is 17.3. The van der Waals surface area contributed by atoms with Crippen molar-refractivity contribution in [3.8, 4) is 5.75 Å². The van der Waals surface area contributed by atoms with Crippen LogP contribution in [0.5, 0.6) is 5.75 Å². The van der Waals surface area contributed by atoms with Gasteiger partial charge in [0.2, 0.25) is 0 Å². The lowest BCUT2D eigenvalue weighted by atomic mass is 9.72. The molecule has 0 radical (unpaired) electrons. The largest absolute Gasteiger partial charge is 0.508 e. The fourth-order valence-corrected chi connectivity index (χ4v) is 4.66. The standard InChI is InChI=1S/C20H28O.C9H12NO6P/c1-16(8-6-9-17(2)13-15-21)11-12-19-18(3)10-7-14-20(19,4)5;11-7-3-1-6(2-4-7)5-8(9(12)13)10-17(14,15)16/h6,8-9,11-13,15H,7,10,14H2,1-5H3;1-4,8,11H,5H2,(H,12,13)(H3,10,14,15,16)/b9-6+,12-11+,16-8+,17-13+;. The summed E-state index contributed by atoms with van der Waals surface area (Å²) >= 11 is 0. The quantitative estimate of drug-likeness (QED) is 0.108. The molecule has 1 aliphatic carbocycles. The van der Waals surface area contributed by atoms with Crippen molar-refractivity contribution >= 4 is 20.0 Å². The first kappa shape index (κ1) is 33.0. The number of hydrogen-bond acceptors (Lipinski definition) is 4. The Balaban J connectivity index is 0.000000389. The highest BCUT2D eigenvalue weighted by molar-refractivity contribution is 7.49. The highest BCUT2D eigenvalue weighted by Gasteiger charge is 2.27. The number of aromatic hydroxyl groups is 1. The van der Waals surface area contributed by atoms with Crippen LogP contribution in [0.25, 0.3) is 0 Å². The van der Waals surface area contributed by atoms with Crippen molar-refractivity contribution in [1.82, 2.24) is 5.09 Å². The Morgan fingerprint density at radius 1 is 1.11 bits per heavy atom. The van der Waals surface area contributed by atoms with E-state index < -0.39 is 19.8 Å². The predicted octanol–water partition coefficient (Wildman–Crippen LogP) is 5.79. The van der Waals surface area contributed by atoms with Gasteiger partial charge in [0.25, 0.3) is 0 Å². The molecule has 0 amide bonds. The van der Waals surface area contributed by atoms with Gasteiger partial charge in [0.05, 0.1) is 0 Å². The fourth-order valence-electron chi connectivity index (χ4n) is 4.05. The Hall–Kier alpha value is -3.03. The molecule has 1 atom stereocenters. The molecule has 9 heteroatoms. The van der Waals surface area contributed by atoms with Crippen molar-refractivity contribution < 1.29 is 34.2 Å². The number of allylic oxidation sites excluding steroid dienone is 10. The van der Waals surface area contributed by atoms with E-state index in [1.807, 2.05) is 19.1 Å². The SMILES string of the molecule is CC1=C(/C=C/C(C)=C/C=C/C(C)=C/C=O)C(C)(C)CCC1.O=C(O)C(Cc1ccc(O)cc1)NP(=O)(O)O. The molecule has 0 fully saturated rings. The zero-order valence-electron chi connectivity index (χ0n) is 22.7. The van der Waals surface area contributed by atoms with Gasteiger partial charge < -0.3 is 20.0 Å². The maximum Gasteiger partial charge on any atom is 0.401 e. The monoisotopic (exact) mass is 545 g/mol. The minimum Gasteiger partial charge on any atom is -0.508 e. The van der Waals surface area contributed by atoms with Gasteiger partial charge in [-0.3, -0.25) is 9.59 Å². The molecule has 8 nitrogen and oxygen atoms in total. The molecule has 1 unspecified atom stereocenters. The number of benzene rings is 1.